The zero-order valence-electron chi connectivity index (χ0n) is 30.6. The van der Waals surface area contributed by atoms with Gasteiger partial charge in [0.1, 0.15) is 0 Å². The normalized spacial score (nSPS) is 23.1. The fraction of sp³-hybridized carbons (Fsp3) is 0.471. The summed E-state index contributed by atoms with van der Waals surface area (Å²) in [6.45, 7) is 7.26. The van der Waals surface area contributed by atoms with Crippen LogP contribution in [0.25, 0.3) is 0 Å². The van der Waals surface area contributed by atoms with Gasteiger partial charge in [-0.25, -0.2) is 0 Å². The first-order valence-corrected chi connectivity index (χ1v) is 22.5. The number of aliphatic hydroxyl groups is 1. The first-order chi connectivity index (χ1) is 26.4. The molecule has 22 heteroatoms. The van der Waals surface area contributed by atoms with Crippen molar-refractivity contribution < 1.29 is 64.1 Å². The van der Waals surface area contributed by atoms with E-state index < -0.39 is 62.2 Å². The lowest BCUT2D eigenvalue weighted by Gasteiger charge is -2.26. The maximum atomic E-state index is 14.1. The molecule has 4 aliphatic heterocycles. The summed E-state index contributed by atoms with van der Waals surface area (Å²) in [6.07, 6.45) is 0.143. The summed E-state index contributed by atoms with van der Waals surface area (Å²) < 4.78 is 107. The second-order valence-electron chi connectivity index (χ2n) is 13.8. The molecule has 19 nitrogen and oxygen atoms in total. The summed E-state index contributed by atoms with van der Waals surface area (Å²) in [5, 5.41) is 14.8. The number of carbonyl (C=O) groups excluding carboxylic acids is 2. The number of nitrogens with one attached hydrogen (secondary N) is 3. The number of carbonyl (C=O) groups is 2. The van der Waals surface area contributed by atoms with Crippen molar-refractivity contribution in [3.8, 4) is 23.0 Å². The van der Waals surface area contributed by atoms with Gasteiger partial charge in [-0.2, -0.15) is 16.8 Å². The third-order valence-electron chi connectivity index (χ3n) is 10.0. The number of amides is 2. The van der Waals surface area contributed by atoms with Crippen LogP contribution >= 0.6 is 7.29 Å². The topological polar surface area (TPSA) is 260 Å². The molecular formula is C34H44N5O14PS2. The molecule has 6 rings (SSSR count). The van der Waals surface area contributed by atoms with Crippen LogP contribution in [0.4, 0.5) is 11.4 Å². The van der Waals surface area contributed by atoms with E-state index in [0.717, 1.165) is 0 Å². The Bertz CT molecular complexity index is 2070. The molecule has 2 unspecified atom stereocenters. The maximum Gasteiger partial charge on any atom is 0.288 e. The van der Waals surface area contributed by atoms with E-state index in [1.54, 1.807) is 0 Å². The molecule has 2 aromatic rings. The van der Waals surface area contributed by atoms with Crippen LogP contribution in [0, 0.1) is 0 Å². The number of rotatable bonds is 15. The highest BCUT2D eigenvalue weighted by Gasteiger charge is 2.47. The summed E-state index contributed by atoms with van der Waals surface area (Å²) in [4.78, 5) is 29.7. The highest BCUT2D eigenvalue weighted by Crippen LogP contribution is 2.44. The molecule has 306 valence electrons. The van der Waals surface area contributed by atoms with Gasteiger partial charge in [0.25, 0.3) is 32.1 Å². The van der Waals surface area contributed by atoms with Gasteiger partial charge in [-0.05, 0) is 25.0 Å². The van der Waals surface area contributed by atoms with E-state index in [-0.39, 0.29) is 110 Å². The zero-order valence-corrected chi connectivity index (χ0v) is 33.1. The number of benzene rings is 2. The fourth-order valence-corrected chi connectivity index (χ4v) is 11.0. The number of methoxy groups -OCH3 is 2. The first kappa shape index (κ1) is 41.3. The molecule has 4 aliphatic rings. The van der Waals surface area contributed by atoms with Crippen LogP contribution in [-0.2, 0) is 24.8 Å². The van der Waals surface area contributed by atoms with Gasteiger partial charge in [0, 0.05) is 44.1 Å². The third kappa shape index (κ3) is 8.34. The molecule has 2 fully saturated rings. The number of nitrogens with zero attached hydrogens (tertiary/aromatic N) is 2. The lowest BCUT2D eigenvalue weighted by atomic mass is 10.1. The zero-order chi connectivity index (χ0) is 40.7. The Morgan fingerprint density at radius 2 is 1.18 bits per heavy atom. The summed E-state index contributed by atoms with van der Waals surface area (Å²) in [7, 11) is -10.0. The van der Waals surface area contributed by atoms with Crippen LogP contribution in [0.1, 0.15) is 33.6 Å². The standard InChI is InChI=1S/C34H44N5O14PS2/c1-19-11-25-31(55(44,45)46)36-23-15-29(27(50-3)13-21(23)33(41)38(25)17-19)52-7-9-54(43,35-5-6-40)10-8-53-30-16-24-22(14-28(30)51-4)34(42)39-18-20(2)12-26(39)32(37-24)56(47,48)49/h13-16,25-26,31-32,36-37,40H,1-2,5-12,17-18H2,3-4H3,(H,35,43)(H,44,45,46)(H,47,48,49)/t25-,26-,31?,32?,54?/m0/s1. The number of hydrogen-bond acceptors (Lipinski definition) is 14. The molecule has 0 aromatic heterocycles. The van der Waals surface area contributed by atoms with E-state index in [1.165, 1.54) is 48.3 Å². The van der Waals surface area contributed by atoms with E-state index in [4.69, 9.17) is 18.9 Å². The Morgan fingerprint density at radius 3 is 1.54 bits per heavy atom. The summed E-state index contributed by atoms with van der Waals surface area (Å²) >= 11 is 0. The molecule has 0 aliphatic carbocycles. The fourth-order valence-electron chi connectivity index (χ4n) is 7.38. The number of fused-ring (bicyclic) bond motifs is 4. The van der Waals surface area contributed by atoms with Crippen molar-refractivity contribution >= 4 is 50.7 Å². The Balaban J connectivity index is 1.18. The Labute approximate surface area is 323 Å². The lowest BCUT2D eigenvalue weighted by Crippen LogP contribution is -2.47. The monoisotopic (exact) mass is 841 g/mol. The second kappa shape index (κ2) is 15.9. The van der Waals surface area contributed by atoms with Crippen molar-refractivity contribution in [3.63, 3.8) is 0 Å². The van der Waals surface area contributed by atoms with Crippen molar-refractivity contribution in [2.45, 2.75) is 35.7 Å². The van der Waals surface area contributed by atoms with Crippen molar-refractivity contribution in [2.24, 2.45) is 0 Å². The average molecular weight is 842 g/mol. The highest BCUT2D eigenvalue weighted by atomic mass is 32.2. The smallest absolute Gasteiger partial charge is 0.288 e. The molecule has 2 amide bonds. The van der Waals surface area contributed by atoms with E-state index in [0.29, 0.717) is 11.1 Å². The Hall–Kier alpha value is -4.37. The van der Waals surface area contributed by atoms with Crippen LogP contribution < -0.4 is 34.7 Å². The number of hydrogen-bond donors (Lipinski definition) is 6. The Morgan fingerprint density at radius 1 is 0.768 bits per heavy atom. The van der Waals surface area contributed by atoms with Gasteiger partial charge in [0.05, 0.1) is 68.6 Å². The molecule has 0 radical (unpaired) electrons. The molecule has 0 saturated carbocycles. The quantitative estimate of drug-likeness (QED) is 0.0849. The maximum absolute atomic E-state index is 14.1. The van der Waals surface area contributed by atoms with Crippen LogP contribution in [0.3, 0.4) is 0 Å². The van der Waals surface area contributed by atoms with E-state index >= 15 is 0 Å². The van der Waals surface area contributed by atoms with Crippen molar-refractivity contribution in [1.82, 2.24) is 14.9 Å². The predicted octanol–water partition coefficient (Wildman–Crippen LogP) is 1.84. The summed E-state index contributed by atoms with van der Waals surface area (Å²) in [5.74, 6) is -0.566. The van der Waals surface area contributed by atoms with Crippen LogP contribution in [-0.4, -0.2) is 141 Å². The van der Waals surface area contributed by atoms with Crippen molar-refractivity contribution in [1.29, 1.82) is 0 Å². The minimum atomic E-state index is -4.68. The number of aliphatic hydroxyl groups excluding tert-OH is 1. The van der Waals surface area contributed by atoms with Crippen LogP contribution in [0.5, 0.6) is 23.0 Å². The SMILES string of the molecule is C=C1C[C@H]2C(S(=O)(=O)O)Nc3cc(OCCP(=O)(CCOc4cc5c(cc4OC)C(=O)N4CC(=C)C[C@H]4C(S(=O)(=O)O)N5)NCCO)c(OC)cc3C(=O)N2C1. The van der Waals surface area contributed by atoms with Gasteiger partial charge in [-0.3, -0.25) is 23.8 Å². The number of anilines is 2. The summed E-state index contributed by atoms with van der Waals surface area (Å²) in [6, 6.07) is 3.69. The predicted molar refractivity (Wildman–Crippen MR) is 204 cm³/mol. The largest absolute Gasteiger partial charge is 0.493 e. The van der Waals surface area contributed by atoms with E-state index in [2.05, 4.69) is 28.9 Å². The molecule has 2 saturated heterocycles. The van der Waals surface area contributed by atoms with Gasteiger partial charge in [-0.15, -0.1) is 0 Å². The average Bonchev–Trinajstić information content (AvgIpc) is 3.66. The van der Waals surface area contributed by atoms with Crippen LogP contribution in [0.15, 0.2) is 48.6 Å². The molecule has 0 bridgehead atoms. The van der Waals surface area contributed by atoms with Gasteiger partial charge in [0.2, 0.25) is 0 Å². The van der Waals surface area contributed by atoms with Gasteiger partial charge in [-0.1, -0.05) is 24.3 Å². The molecule has 0 spiro atoms. The molecule has 4 atom stereocenters. The third-order valence-corrected chi connectivity index (χ3v) is 14.8. The van der Waals surface area contributed by atoms with Crippen molar-refractivity contribution in [3.05, 3.63) is 59.7 Å². The van der Waals surface area contributed by atoms with Crippen LogP contribution in [0.2, 0.25) is 0 Å². The minimum absolute atomic E-state index is 0.0259. The minimum Gasteiger partial charge on any atom is -0.493 e. The van der Waals surface area contributed by atoms with Crippen molar-refractivity contribution in [2.75, 3.05) is 76.6 Å². The lowest BCUT2D eigenvalue weighted by molar-refractivity contribution is 0.0737. The van der Waals surface area contributed by atoms with E-state index in [9.17, 15) is 45.2 Å². The van der Waals surface area contributed by atoms with E-state index in [1.807, 2.05) is 0 Å². The van der Waals surface area contributed by atoms with Gasteiger partial charge >= 0.3 is 0 Å². The Kier molecular flexibility index (Phi) is 11.7. The molecular weight excluding hydrogens is 798 g/mol. The first-order valence-electron chi connectivity index (χ1n) is 17.4. The van der Waals surface area contributed by atoms with Gasteiger partial charge < -0.3 is 49.1 Å². The molecule has 4 heterocycles. The molecule has 56 heavy (non-hydrogen) atoms. The highest BCUT2D eigenvalue weighted by molar-refractivity contribution is 7.86. The van der Waals surface area contributed by atoms with Gasteiger partial charge in [0.15, 0.2) is 41.0 Å². The second-order valence-corrected chi connectivity index (χ2v) is 19.9. The summed E-state index contributed by atoms with van der Waals surface area (Å²) in [5.41, 5.74) is 1.57. The molecule has 2 aromatic carbocycles. The molecule has 6 N–H and O–H groups in total. The number of ether oxygens (including phenoxy) is 4.